The molecule has 1 heterocycles. The number of nitrogens with zero attached hydrogens (tertiary/aromatic N) is 1. The predicted octanol–water partition coefficient (Wildman–Crippen LogP) is 5.54. The predicted molar refractivity (Wildman–Crippen MR) is 119 cm³/mol. The summed E-state index contributed by atoms with van der Waals surface area (Å²) in [5, 5.41) is 9.12. The van der Waals surface area contributed by atoms with Gasteiger partial charge < -0.3 is 19.0 Å². The van der Waals surface area contributed by atoms with Gasteiger partial charge in [-0.2, -0.15) is 0 Å². The van der Waals surface area contributed by atoms with E-state index in [1.54, 1.807) is 34.6 Å². The lowest BCUT2D eigenvalue weighted by Gasteiger charge is -2.10. The number of para-hydroxylation sites is 1. The highest BCUT2D eigenvalue weighted by Crippen LogP contribution is 2.30. The summed E-state index contributed by atoms with van der Waals surface area (Å²) >= 11 is 5.14. The molecule has 166 valence electrons. The van der Waals surface area contributed by atoms with Crippen LogP contribution in [-0.4, -0.2) is 30.4 Å². The van der Waals surface area contributed by atoms with Crippen LogP contribution in [0, 0.1) is 13.9 Å². The van der Waals surface area contributed by atoms with Crippen LogP contribution in [0.3, 0.4) is 0 Å². The normalized spacial score (nSPS) is 10.2. The first kappa shape index (κ1) is 23.3. The van der Waals surface area contributed by atoms with Crippen molar-refractivity contribution in [1.82, 2.24) is 0 Å². The number of carbonyl (C=O) groups is 2. The maximum atomic E-state index is 12.6. The molecular weight excluding hydrogens is 478 g/mol. The monoisotopic (exact) mass is 493 g/mol. The van der Waals surface area contributed by atoms with E-state index in [9.17, 15) is 19.7 Å². The standard InChI is InChI=1S/C20H15NO8S3/c22-19(28-14-8-6-13(7-9-14)17-12-18(30)32-31-17)15-4-1-2-5-16(15)29-20(23)26-10-3-11-27-21(24)25/h1-2,4-9,12H,3,10-11H2. The van der Waals surface area contributed by atoms with Crippen LogP contribution >= 0.6 is 32.9 Å². The Morgan fingerprint density at radius 2 is 1.75 bits per heavy atom. The van der Waals surface area contributed by atoms with Crippen molar-refractivity contribution in [2.75, 3.05) is 13.2 Å². The molecule has 0 spiro atoms. The van der Waals surface area contributed by atoms with Gasteiger partial charge in [0, 0.05) is 11.3 Å². The Balaban J connectivity index is 1.58. The van der Waals surface area contributed by atoms with Gasteiger partial charge in [0.25, 0.3) is 5.09 Å². The molecule has 0 fully saturated rings. The molecule has 0 N–H and O–H groups in total. The van der Waals surface area contributed by atoms with E-state index in [2.05, 4.69) is 4.84 Å². The van der Waals surface area contributed by atoms with Gasteiger partial charge in [0.1, 0.15) is 20.9 Å². The van der Waals surface area contributed by atoms with Gasteiger partial charge in [-0.3, -0.25) is 0 Å². The summed E-state index contributed by atoms with van der Waals surface area (Å²) in [4.78, 5) is 39.6. The third-order valence-electron chi connectivity index (χ3n) is 3.82. The van der Waals surface area contributed by atoms with E-state index in [-0.39, 0.29) is 30.9 Å². The smallest absolute Gasteiger partial charge is 0.434 e. The Morgan fingerprint density at radius 3 is 2.44 bits per heavy atom. The Bertz CT molecular complexity index is 1160. The first-order valence-corrected chi connectivity index (χ1v) is 11.6. The molecule has 3 rings (SSSR count). The molecule has 32 heavy (non-hydrogen) atoms. The lowest BCUT2D eigenvalue weighted by atomic mass is 10.2. The summed E-state index contributed by atoms with van der Waals surface area (Å²) in [7, 11) is 3.08. The molecule has 0 aliphatic rings. The number of hydrogen-bond acceptors (Lipinski definition) is 11. The minimum absolute atomic E-state index is 0.0287. The molecule has 3 aromatic rings. The van der Waals surface area contributed by atoms with Crippen LogP contribution in [0.15, 0.2) is 54.6 Å². The highest BCUT2D eigenvalue weighted by molar-refractivity contribution is 7.80. The van der Waals surface area contributed by atoms with Crippen molar-refractivity contribution in [3.05, 3.63) is 74.1 Å². The van der Waals surface area contributed by atoms with Crippen molar-refractivity contribution in [1.29, 1.82) is 0 Å². The fraction of sp³-hybridized carbons (Fsp3) is 0.150. The summed E-state index contributed by atoms with van der Waals surface area (Å²) in [6.07, 6.45) is -0.954. The third-order valence-corrected chi connectivity index (χ3v) is 6.73. The molecule has 0 atom stereocenters. The highest BCUT2D eigenvalue weighted by atomic mass is 32.9. The number of carbonyl (C=O) groups excluding carboxylic acids is 2. The zero-order valence-electron chi connectivity index (χ0n) is 16.3. The summed E-state index contributed by atoms with van der Waals surface area (Å²) in [5.41, 5.74) is 0.984. The quantitative estimate of drug-likeness (QED) is 0.0554. The van der Waals surface area contributed by atoms with Gasteiger partial charge in [0.05, 0.1) is 13.2 Å². The van der Waals surface area contributed by atoms with E-state index >= 15 is 0 Å². The van der Waals surface area contributed by atoms with E-state index in [0.717, 1.165) is 14.3 Å². The second kappa shape index (κ2) is 11.3. The van der Waals surface area contributed by atoms with Gasteiger partial charge in [0.2, 0.25) is 0 Å². The van der Waals surface area contributed by atoms with Gasteiger partial charge in [-0.05, 0) is 48.0 Å². The maximum absolute atomic E-state index is 12.6. The zero-order valence-corrected chi connectivity index (χ0v) is 18.7. The maximum Gasteiger partial charge on any atom is 0.513 e. The molecule has 0 radical (unpaired) electrons. The molecular formula is C20H15NO8S3. The van der Waals surface area contributed by atoms with Crippen molar-refractivity contribution < 1.29 is 33.7 Å². The van der Waals surface area contributed by atoms with Gasteiger partial charge in [-0.1, -0.05) is 45.0 Å². The Labute approximate surface area is 194 Å². The molecule has 0 bridgehead atoms. The van der Waals surface area contributed by atoms with Gasteiger partial charge in [-0.25, -0.2) is 9.59 Å². The average Bonchev–Trinajstić information content (AvgIpc) is 3.20. The minimum Gasteiger partial charge on any atom is -0.434 e. The molecule has 2 aromatic carbocycles. The van der Waals surface area contributed by atoms with E-state index in [0.29, 0.717) is 5.75 Å². The molecule has 0 saturated carbocycles. The van der Waals surface area contributed by atoms with Gasteiger partial charge >= 0.3 is 12.1 Å². The number of esters is 1. The van der Waals surface area contributed by atoms with E-state index in [1.807, 2.05) is 18.2 Å². The number of rotatable bonds is 9. The largest absolute Gasteiger partial charge is 0.513 e. The van der Waals surface area contributed by atoms with Gasteiger partial charge in [-0.15, -0.1) is 10.1 Å². The van der Waals surface area contributed by atoms with Crippen molar-refractivity contribution in [2.45, 2.75) is 6.42 Å². The van der Waals surface area contributed by atoms with Crippen LogP contribution in [-0.2, 0) is 9.57 Å². The lowest BCUT2D eigenvalue weighted by Crippen LogP contribution is -2.16. The third kappa shape index (κ3) is 6.83. The van der Waals surface area contributed by atoms with Crippen LogP contribution in [0.2, 0.25) is 0 Å². The first-order chi connectivity index (χ1) is 15.4. The van der Waals surface area contributed by atoms with E-state index in [4.69, 9.17) is 26.4 Å². The van der Waals surface area contributed by atoms with E-state index < -0.39 is 17.2 Å². The van der Waals surface area contributed by atoms with E-state index in [1.165, 1.54) is 22.5 Å². The molecule has 0 unspecified atom stereocenters. The minimum atomic E-state index is -1.06. The molecule has 0 saturated heterocycles. The van der Waals surface area contributed by atoms with Crippen molar-refractivity contribution >= 4 is 45.0 Å². The van der Waals surface area contributed by atoms with Crippen molar-refractivity contribution in [3.63, 3.8) is 0 Å². The molecule has 0 aliphatic heterocycles. The molecule has 1 aromatic heterocycles. The highest BCUT2D eigenvalue weighted by Gasteiger charge is 2.18. The Hall–Kier alpha value is -3.35. The summed E-state index contributed by atoms with van der Waals surface area (Å²) in [6, 6.07) is 14.9. The topological polar surface area (TPSA) is 114 Å². The zero-order chi connectivity index (χ0) is 22.9. The lowest BCUT2D eigenvalue weighted by molar-refractivity contribution is -0.757. The first-order valence-electron chi connectivity index (χ1n) is 9.06. The summed E-state index contributed by atoms with van der Waals surface area (Å²) < 4.78 is 16.1. The van der Waals surface area contributed by atoms with Crippen LogP contribution in [0.5, 0.6) is 11.5 Å². The SMILES string of the molecule is O=C(OCCCO[N+](=O)[O-])Oc1ccccc1C(=O)Oc1ccc(-c2cc(=S)ss2)cc1. The van der Waals surface area contributed by atoms with Gasteiger partial charge in [0.15, 0.2) is 0 Å². The molecule has 9 nitrogen and oxygen atoms in total. The van der Waals surface area contributed by atoms with Crippen LogP contribution in [0.25, 0.3) is 10.4 Å². The number of ether oxygens (including phenoxy) is 3. The average molecular weight is 494 g/mol. The Kier molecular flexibility index (Phi) is 8.25. The fourth-order valence-electron chi connectivity index (χ4n) is 2.42. The molecule has 0 amide bonds. The molecule has 0 aliphatic carbocycles. The van der Waals surface area contributed by atoms with Crippen LogP contribution < -0.4 is 9.47 Å². The molecule has 12 heteroatoms. The van der Waals surface area contributed by atoms with Crippen molar-refractivity contribution in [2.24, 2.45) is 0 Å². The number of hydrogen-bond donors (Lipinski definition) is 0. The second-order valence-corrected chi connectivity index (χ2v) is 8.93. The second-order valence-electron chi connectivity index (χ2n) is 6.02. The fourth-order valence-corrected chi connectivity index (χ4v) is 4.82. The van der Waals surface area contributed by atoms with Crippen LogP contribution in [0.1, 0.15) is 16.8 Å². The van der Waals surface area contributed by atoms with Crippen molar-refractivity contribution in [3.8, 4) is 21.9 Å². The summed E-state index contributed by atoms with van der Waals surface area (Å²) in [6.45, 7) is -0.368. The van der Waals surface area contributed by atoms with Crippen LogP contribution in [0.4, 0.5) is 4.79 Å². The summed E-state index contributed by atoms with van der Waals surface area (Å²) in [5.74, 6) is -0.439. The Morgan fingerprint density at radius 1 is 1.00 bits per heavy atom. The number of benzene rings is 2.